The van der Waals surface area contributed by atoms with Gasteiger partial charge in [-0.2, -0.15) is 13.2 Å². The third-order valence-corrected chi connectivity index (χ3v) is 6.65. The molecule has 2 unspecified atom stereocenters. The largest absolute Gasteiger partial charge is 0.493 e. The highest BCUT2D eigenvalue weighted by molar-refractivity contribution is 6.31. The van der Waals surface area contributed by atoms with E-state index in [9.17, 15) is 22.7 Å². The Balaban J connectivity index is 1.98. The number of anilines is 1. The topological polar surface area (TPSA) is 67.3 Å². The first-order valence-corrected chi connectivity index (χ1v) is 11.1. The molecular formula is C24H24ClF4N3O2. The molecule has 1 aliphatic carbocycles. The van der Waals surface area contributed by atoms with Crippen molar-refractivity contribution < 1.29 is 27.4 Å². The summed E-state index contributed by atoms with van der Waals surface area (Å²) in [4.78, 5) is 8.68. The van der Waals surface area contributed by atoms with E-state index in [0.29, 0.717) is 23.1 Å². The SMILES string of the molecule is CCc1ncc2c(NC3c4cc(Cl)c(F)c(OC)c4C(C)(C)CC3(O)C(F)(F)F)cccc2n1. The number of methoxy groups -OCH3 is 1. The van der Waals surface area contributed by atoms with Crippen molar-refractivity contribution in [1.29, 1.82) is 0 Å². The molecule has 5 nitrogen and oxygen atoms in total. The number of nitrogens with zero attached hydrogens (tertiary/aromatic N) is 2. The lowest BCUT2D eigenvalue weighted by Crippen LogP contribution is -2.58. The maximum absolute atomic E-state index is 14.8. The summed E-state index contributed by atoms with van der Waals surface area (Å²) in [6, 6.07) is 4.37. The molecule has 10 heteroatoms. The maximum atomic E-state index is 14.8. The predicted octanol–water partition coefficient (Wildman–Crippen LogP) is 6.12. The summed E-state index contributed by atoms with van der Waals surface area (Å²) in [5.74, 6) is -0.511. The molecule has 1 aliphatic rings. The Morgan fingerprint density at radius 3 is 2.62 bits per heavy atom. The molecule has 34 heavy (non-hydrogen) atoms. The molecule has 1 heterocycles. The van der Waals surface area contributed by atoms with Gasteiger partial charge in [-0.05, 0) is 35.6 Å². The van der Waals surface area contributed by atoms with Gasteiger partial charge in [-0.1, -0.05) is 38.4 Å². The molecule has 2 atom stereocenters. The third kappa shape index (κ3) is 3.75. The van der Waals surface area contributed by atoms with E-state index >= 15 is 0 Å². The van der Waals surface area contributed by atoms with E-state index < -0.39 is 40.5 Å². The van der Waals surface area contributed by atoms with E-state index in [1.807, 2.05) is 6.92 Å². The van der Waals surface area contributed by atoms with Crippen LogP contribution in [0, 0.1) is 5.82 Å². The molecule has 0 saturated heterocycles. The molecule has 3 aromatic rings. The van der Waals surface area contributed by atoms with Crippen LogP contribution < -0.4 is 10.1 Å². The highest BCUT2D eigenvalue weighted by Crippen LogP contribution is 2.57. The minimum absolute atomic E-state index is 0.00225. The van der Waals surface area contributed by atoms with Crippen LogP contribution in [0.3, 0.4) is 0 Å². The minimum Gasteiger partial charge on any atom is -0.493 e. The van der Waals surface area contributed by atoms with Crippen molar-refractivity contribution in [2.24, 2.45) is 0 Å². The summed E-state index contributed by atoms with van der Waals surface area (Å²) in [6.45, 7) is 4.91. The molecule has 0 amide bonds. The lowest BCUT2D eigenvalue weighted by atomic mass is 9.63. The number of benzene rings is 2. The Labute approximate surface area is 199 Å². The first-order chi connectivity index (χ1) is 15.8. The van der Waals surface area contributed by atoms with Gasteiger partial charge in [0, 0.05) is 29.3 Å². The number of ether oxygens (including phenoxy) is 1. The van der Waals surface area contributed by atoms with E-state index in [-0.39, 0.29) is 22.6 Å². The fraction of sp³-hybridized carbons (Fsp3) is 0.417. The summed E-state index contributed by atoms with van der Waals surface area (Å²) in [6.07, 6.45) is -3.62. The van der Waals surface area contributed by atoms with Gasteiger partial charge in [-0.3, -0.25) is 0 Å². The molecule has 4 rings (SSSR count). The molecule has 0 fully saturated rings. The highest BCUT2D eigenvalue weighted by Gasteiger charge is 2.64. The Kier molecular flexibility index (Phi) is 5.93. The number of aromatic nitrogens is 2. The second-order valence-electron chi connectivity index (χ2n) is 9.11. The number of aliphatic hydroxyl groups is 1. The van der Waals surface area contributed by atoms with Gasteiger partial charge >= 0.3 is 6.18 Å². The van der Waals surface area contributed by atoms with E-state index in [0.717, 1.165) is 6.07 Å². The summed E-state index contributed by atoms with van der Waals surface area (Å²) in [5.41, 5.74) is -3.43. The van der Waals surface area contributed by atoms with Gasteiger partial charge in [0.2, 0.25) is 0 Å². The molecule has 0 spiro atoms. The summed E-state index contributed by atoms with van der Waals surface area (Å²) in [5, 5.41) is 14.1. The fourth-order valence-corrected chi connectivity index (χ4v) is 5.07. The monoisotopic (exact) mass is 497 g/mol. The van der Waals surface area contributed by atoms with Crippen LogP contribution in [0.5, 0.6) is 5.75 Å². The van der Waals surface area contributed by atoms with E-state index in [1.165, 1.54) is 27.2 Å². The van der Waals surface area contributed by atoms with Gasteiger partial charge in [-0.25, -0.2) is 14.4 Å². The van der Waals surface area contributed by atoms with Crippen LogP contribution in [0.1, 0.15) is 50.2 Å². The van der Waals surface area contributed by atoms with Crippen LogP contribution in [-0.4, -0.2) is 34.0 Å². The van der Waals surface area contributed by atoms with Crippen LogP contribution in [0.25, 0.3) is 10.9 Å². The number of hydrogen-bond donors (Lipinski definition) is 2. The van der Waals surface area contributed by atoms with Gasteiger partial charge in [-0.15, -0.1) is 0 Å². The molecule has 0 saturated carbocycles. The number of aryl methyl sites for hydroxylation is 1. The number of fused-ring (bicyclic) bond motifs is 2. The second kappa shape index (κ2) is 8.23. The molecule has 182 valence electrons. The minimum atomic E-state index is -5.01. The molecule has 0 aliphatic heterocycles. The van der Waals surface area contributed by atoms with Gasteiger partial charge in [0.25, 0.3) is 0 Å². The Bertz CT molecular complexity index is 1270. The summed E-state index contributed by atoms with van der Waals surface area (Å²) < 4.78 is 63.4. The zero-order valence-electron chi connectivity index (χ0n) is 19.0. The van der Waals surface area contributed by atoms with Crippen molar-refractivity contribution in [2.45, 2.75) is 56.8 Å². The molecule has 0 radical (unpaired) electrons. The Hall–Kier alpha value is -2.65. The van der Waals surface area contributed by atoms with E-state index in [1.54, 1.807) is 18.2 Å². The molecular weight excluding hydrogens is 474 g/mol. The number of nitrogens with one attached hydrogen (secondary N) is 1. The average molecular weight is 498 g/mol. The number of alkyl halides is 3. The third-order valence-electron chi connectivity index (χ3n) is 6.37. The van der Waals surface area contributed by atoms with Crippen LogP contribution in [0.2, 0.25) is 5.02 Å². The summed E-state index contributed by atoms with van der Waals surface area (Å²) >= 11 is 6.06. The molecule has 2 N–H and O–H groups in total. The molecule has 1 aromatic heterocycles. The van der Waals surface area contributed by atoms with Gasteiger partial charge < -0.3 is 15.2 Å². The molecule has 0 bridgehead atoms. The standard InChI is InChI=1S/C24H24ClF4N3O2/c1-5-17-30-10-13-15(31-17)7-6-8-16(13)32-21-12-9-14(25)19(26)20(34-4)18(12)22(2,3)11-23(21,33)24(27,28)29/h6-10,21,32-33H,5,11H2,1-4H3. The number of hydrogen-bond acceptors (Lipinski definition) is 5. The second-order valence-corrected chi connectivity index (χ2v) is 9.52. The van der Waals surface area contributed by atoms with Crippen LogP contribution in [0.4, 0.5) is 23.2 Å². The van der Waals surface area contributed by atoms with Crippen LogP contribution in [-0.2, 0) is 11.8 Å². The normalized spacial score (nSPS) is 21.9. The lowest BCUT2D eigenvalue weighted by molar-refractivity contribution is -0.275. The number of halogens is 5. The van der Waals surface area contributed by atoms with Gasteiger partial charge in [0.15, 0.2) is 17.2 Å². The number of rotatable bonds is 4. The predicted molar refractivity (Wildman–Crippen MR) is 122 cm³/mol. The average Bonchev–Trinajstić information content (AvgIpc) is 2.76. The Morgan fingerprint density at radius 2 is 2.00 bits per heavy atom. The van der Waals surface area contributed by atoms with Crippen molar-refractivity contribution in [3.8, 4) is 5.75 Å². The first-order valence-electron chi connectivity index (χ1n) is 10.7. The van der Waals surface area contributed by atoms with Crippen LogP contribution in [0.15, 0.2) is 30.5 Å². The van der Waals surface area contributed by atoms with Crippen LogP contribution >= 0.6 is 11.6 Å². The smallest absolute Gasteiger partial charge is 0.419 e. The van der Waals surface area contributed by atoms with Crippen molar-refractivity contribution in [1.82, 2.24) is 9.97 Å². The first kappa shape index (κ1) is 24.5. The zero-order chi connectivity index (χ0) is 25.1. The lowest BCUT2D eigenvalue weighted by Gasteiger charge is -2.49. The fourth-order valence-electron chi connectivity index (χ4n) is 4.87. The Morgan fingerprint density at radius 1 is 1.29 bits per heavy atom. The van der Waals surface area contributed by atoms with E-state index in [4.69, 9.17) is 16.3 Å². The van der Waals surface area contributed by atoms with Gasteiger partial charge in [0.1, 0.15) is 5.82 Å². The van der Waals surface area contributed by atoms with E-state index in [2.05, 4.69) is 15.3 Å². The summed E-state index contributed by atoms with van der Waals surface area (Å²) in [7, 11) is 1.23. The quantitative estimate of drug-likeness (QED) is 0.425. The maximum Gasteiger partial charge on any atom is 0.419 e. The zero-order valence-corrected chi connectivity index (χ0v) is 19.8. The highest BCUT2D eigenvalue weighted by atomic mass is 35.5. The van der Waals surface area contributed by atoms with Gasteiger partial charge in [0.05, 0.1) is 23.7 Å². The van der Waals surface area contributed by atoms with Crippen molar-refractivity contribution in [2.75, 3.05) is 12.4 Å². The molecule has 2 aromatic carbocycles. The van der Waals surface area contributed by atoms with Crippen molar-refractivity contribution in [3.63, 3.8) is 0 Å². The van der Waals surface area contributed by atoms with Crippen molar-refractivity contribution >= 4 is 28.2 Å². The van der Waals surface area contributed by atoms with Crippen molar-refractivity contribution in [3.05, 3.63) is 58.3 Å².